The Balaban J connectivity index is 1.90. The van der Waals surface area contributed by atoms with Crippen molar-refractivity contribution >= 4 is 35.2 Å². The number of hydrogen-bond donors (Lipinski definition) is 1. The van der Waals surface area contributed by atoms with Crippen LogP contribution in [0, 0.1) is 11.3 Å². The monoisotopic (exact) mass is 489 g/mol. The minimum atomic E-state index is -0.654. The Morgan fingerprint density at radius 2 is 2.06 bits per heavy atom. The molecule has 182 valence electrons. The van der Waals surface area contributed by atoms with E-state index in [4.69, 9.17) is 21.1 Å². The lowest BCUT2D eigenvalue weighted by atomic mass is 9.93. The van der Waals surface area contributed by atoms with Crippen molar-refractivity contribution in [2.45, 2.75) is 51.7 Å². The van der Waals surface area contributed by atoms with Gasteiger partial charge in [-0.25, -0.2) is 19.6 Å². The van der Waals surface area contributed by atoms with Crippen molar-refractivity contribution in [2.24, 2.45) is 0 Å². The molecule has 0 saturated carbocycles. The Bertz CT molecular complexity index is 1060. The van der Waals surface area contributed by atoms with E-state index in [9.17, 15) is 20.0 Å². The van der Waals surface area contributed by atoms with Gasteiger partial charge in [0.05, 0.1) is 24.1 Å². The zero-order valence-corrected chi connectivity index (χ0v) is 20.3. The molecule has 0 radical (unpaired) electrons. The molecule has 2 aliphatic rings. The number of nitriles is 1. The van der Waals surface area contributed by atoms with E-state index < -0.39 is 23.7 Å². The van der Waals surface area contributed by atoms with Crippen LogP contribution in [-0.4, -0.2) is 69.9 Å². The molecular formula is C23H28ClN5O5. The van der Waals surface area contributed by atoms with Gasteiger partial charge < -0.3 is 24.4 Å². The van der Waals surface area contributed by atoms with Crippen LogP contribution in [0.3, 0.4) is 0 Å². The molecule has 10 nitrogen and oxygen atoms in total. The number of amides is 1. The predicted molar refractivity (Wildman–Crippen MR) is 125 cm³/mol. The summed E-state index contributed by atoms with van der Waals surface area (Å²) in [5.41, 5.74) is 0.285. The average Bonchev–Trinajstić information content (AvgIpc) is 2.76. The van der Waals surface area contributed by atoms with E-state index in [1.165, 1.54) is 6.08 Å². The highest BCUT2D eigenvalue weighted by molar-refractivity contribution is 6.28. The lowest BCUT2D eigenvalue weighted by molar-refractivity contribution is -0.138. The lowest BCUT2D eigenvalue weighted by Gasteiger charge is -2.42. The standard InChI is InChI=1S/C23H28ClN5O5/c1-5-12-33-20(31)16-7-6-15-17(18(16)30)26-21(24)27-19(15)28-10-11-29(14(13-28)8-9-25)22(32)34-23(2,3)4/h5,14,30H,1,6-8,10-13H2,2-4H3/t14-/m0/s1. The topological polar surface area (TPSA) is 129 Å². The number of halogens is 1. The normalized spacial score (nSPS) is 18.1. The Morgan fingerprint density at radius 1 is 1.32 bits per heavy atom. The molecule has 1 aliphatic heterocycles. The van der Waals surface area contributed by atoms with E-state index in [2.05, 4.69) is 22.6 Å². The minimum absolute atomic E-state index is 0.0282. The molecule has 1 amide bonds. The molecule has 11 heteroatoms. The highest BCUT2D eigenvalue weighted by Crippen LogP contribution is 2.36. The first-order valence-corrected chi connectivity index (χ1v) is 11.3. The van der Waals surface area contributed by atoms with Crippen molar-refractivity contribution in [1.29, 1.82) is 5.26 Å². The van der Waals surface area contributed by atoms with Crippen molar-refractivity contribution in [3.8, 4) is 6.07 Å². The van der Waals surface area contributed by atoms with E-state index in [0.29, 0.717) is 37.4 Å². The summed E-state index contributed by atoms with van der Waals surface area (Å²) in [4.78, 5) is 37.0. The molecule has 0 unspecified atom stereocenters. The zero-order chi connectivity index (χ0) is 25.0. The maximum absolute atomic E-state index is 12.7. The van der Waals surface area contributed by atoms with Crippen LogP contribution in [0.15, 0.2) is 18.2 Å². The van der Waals surface area contributed by atoms with E-state index in [1.807, 2.05) is 4.90 Å². The van der Waals surface area contributed by atoms with Gasteiger partial charge in [-0.1, -0.05) is 12.7 Å². The Labute approximate surface area is 203 Å². The van der Waals surface area contributed by atoms with Gasteiger partial charge in [0.25, 0.3) is 0 Å². The van der Waals surface area contributed by atoms with Gasteiger partial charge in [0.2, 0.25) is 5.28 Å². The van der Waals surface area contributed by atoms with Gasteiger partial charge in [-0.15, -0.1) is 0 Å². The summed E-state index contributed by atoms with van der Waals surface area (Å²) in [6, 6.07) is 1.71. The number of rotatable bonds is 5. The SMILES string of the molecule is C=CCOC(=O)C1=C(O)c2nc(Cl)nc(N3CCN(C(=O)OC(C)(C)C)[C@@H](CC#N)C3)c2CC1. The molecule has 2 heterocycles. The first-order chi connectivity index (χ1) is 16.1. The molecule has 3 rings (SSSR count). The minimum Gasteiger partial charge on any atom is -0.505 e. The summed E-state index contributed by atoms with van der Waals surface area (Å²) in [7, 11) is 0. The second-order valence-corrected chi connectivity index (χ2v) is 9.33. The van der Waals surface area contributed by atoms with Gasteiger partial charge in [-0.05, 0) is 45.2 Å². The third-order valence-corrected chi connectivity index (χ3v) is 5.58. The van der Waals surface area contributed by atoms with Crippen LogP contribution in [0.4, 0.5) is 10.6 Å². The molecule has 1 aliphatic carbocycles. The Hall–Kier alpha value is -3.32. The molecule has 1 aromatic rings. The van der Waals surface area contributed by atoms with Gasteiger partial charge in [0.1, 0.15) is 23.7 Å². The smallest absolute Gasteiger partial charge is 0.410 e. The lowest BCUT2D eigenvalue weighted by Crippen LogP contribution is -2.56. The quantitative estimate of drug-likeness (QED) is 0.375. The van der Waals surface area contributed by atoms with Crippen LogP contribution in [0.25, 0.3) is 5.76 Å². The predicted octanol–water partition coefficient (Wildman–Crippen LogP) is 3.41. The molecule has 1 atom stereocenters. The number of esters is 1. The maximum Gasteiger partial charge on any atom is 0.410 e. The van der Waals surface area contributed by atoms with Gasteiger partial charge in [0.15, 0.2) is 5.76 Å². The third kappa shape index (κ3) is 5.59. The van der Waals surface area contributed by atoms with E-state index in [1.54, 1.807) is 25.7 Å². The number of anilines is 1. The van der Waals surface area contributed by atoms with Crippen molar-refractivity contribution < 1.29 is 24.2 Å². The van der Waals surface area contributed by atoms with Gasteiger partial charge in [-0.2, -0.15) is 5.26 Å². The number of carbonyl (C=O) groups is 2. The van der Waals surface area contributed by atoms with Crippen LogP contribution >= 0.6 is 11.6 Å². The molecule has 34 heavy (non-hydrogen) atoms. The van der Waals surface area contributed by atoms with Crippen LogP contribution in [0.1, 0.15) is 44.9 Å². The van der Waals surface area contributed by atoms with Crippen LogP contribution < -0.4 is 4.90 Å². The van der Waals surface area contributed by atoms with E-state index >= 15 is 0 Å². The molecule has 0 aromatic carbocycles. The first-order valence-electron chi connectivity index (χ1n) is 10.9. The Kier molecular flexibility index (Phi) is 7.67. The number of nitrogens with zero attached hydrogens (tertiary/aromatic N) is 5. The number of hydrogen-bond acceptors (Lipinski definition) is 9. The second-order valence-electron chi connectivity index (χ2n) is 8.99. The summed E-state index contributed by atoms with van der Waals surface area (Å²) in [6.07, 6.45) is 1.71. The highest BCUT2D eigenvalue weighted by atomic mass is 35.5. The number of aromatic nitrogens is 2. The summed E-state index contributed by atoms with van der Waals surface area (Å²) in [5.74, 6) is -0.423. The van der Waals surface area contributed by atoms with Crippen LogP contribution in [-0.2, 0) is 20.7 Å². The largest absolute Gasteiger partial charge is 0.505 e. The average molecular weight is 490 g/mol. The molecule has 0 bridgehead atoms. The summed E-state index contributed by atoms with van der Waals surface area (Å²) in [6.45, 7) is 9.96. The summed E-state index contributed by atoms with van der Waals surface area (Å²) in [5, 5.41) is 20.0. The van der Waals surface area contributed by atoms with Crippen LogP contribution in [0.2, 0.25) is 5.28 Å². The van der Waals surface area contributed by atoms with Crippen molar-refractivity contribution in [3.63, 3.8) is 0 Å². The Morgan fingerprint density at radius 3 is 2.71 bits per heavy atom. The fourth-order valence-corrected chi connectivity index (χ4v) is 4.12. The van der Waals surface area contributed by atoms with Crippen LogP contribution in [0.5, 0.6) is 0 Å². The zero-order valence-electron chi connectivity index (χ0n) is 19.5. The molecule has 1 fully saturated rings. The number of ether oxygens (including phenoxy) is 2. The number of carbonyl (C=O) groups excluding carboxylic acids is 2. The third-order valence-electron chi connectivity index (χ3n) is 5.41. The molecule has 0 spiro atoms. The number of fused-ring (bicyclic) bond motifs is 1. The van der Waals surface area contributed by atoms with Crippen molar-refractivity contribution in [1.82, 2.24) is 14.9 Å². The van der Waals surface area contributed by atoms with Gasteiger partial charge >= 0.3 is 12.1 Å². The van der Waals surface area contributed by atoms with E-state index in [-0.39, 0.29) is 41.8 Å². The highest BCUT2D eigenvalue weighted by Gasteiger charge is 2.36. The number of aliphatic hydroxyl groups excluding tert-OH is 1. The maximum atomic E-state index is 12.7. The van der Waals surface area contributed by atoms with E-state index in [0.717, 1.165) is 0 Å². The summed E-state index contributed by atoms with van der Waals surface area (Å²) < 4.78 is 10.6. The van der Waals surface area contributed by atoms with Gasteiger partial charge in [-0.3, -0.25) is 0 Å². The molecule has 1 saturated heterocycles. The van der Waals surface area contributed by atoms with Crippen molar-refractivity contribution in [3.05, 3.63) is 34.8 Å². The van der Waals surface area contributed by atoms with Gasteiger partial charge in [0, 0.05) is 25.2 Å². The summed E-state index contributed by atoms with van der Waals surface area (Å²) >= 11 is 6.18. The van der Waals surface area contributed by atoms with Crippen molar-refractivity contribution in [2.75, 3.05) is 31.1 Å². The fraction of sp³-hybridized carbons (Fsp3) is 0.522. The molecule has 1 aromatic heterocycles. The number of aliphatic hydroxyl groups is 1. The second kappa shape index (κ2) is 10.3. The molecular weight excluding hydrogens is 462 g/mol. The fourth-order valence-electron chi connectivity index (χ4n) is 3.95. The first kappa shape index (κ1) is 25.3. The molecule has 1 N–H and O–H groups in total. The number of piperazine rings is 1.